The second-order valence-corrected chi connectivity index (χ2v) is 5.78. The molecule has 1 aromatic carbocycles. The lowest BCUT2D eigenvalue weighted by molar-refractivity contribution is 0.0590. The number of hydrogen-bond donors (Lipinski definition) is 0. The molecule has 0 saturated carbocycles. The lowest BCUT2D eigenvalue weighted by Gasteiger charge is -2.40. The number of hydrogen-bond acceptors (Lipinski definition) is 3. The molecule has 106 valence electrons. The molecule has 1 fully saturated rings. The van der Waals surface area contributed by atoms with Gasteiger partial charge in [-0.05, 0) is 12.6 Å². The van der Waals surface area contributed by atoms with Gasteiger partial charge in [0.05, 0.1) is 17.9 Å². The summed E-state index contributed by atoms with van der Waals surface area (Å²) in [6, 6.07) is 11.1. The Labute approximate surface area is 124 Å². The molecule has 3 rings (SSSR count). The molecular formula is C15H19ClN4. The molecule has 20 heavy (non-hydrogen) atoms. The molecule has 1 atom stereocenters. The van der Waals surface area contributed by atoms with Crippen LogP contribution in [0.1, 0.15) is 11.6 Å². The predicted molar refractivity (Wildman–Crippen MR) is 80.6 cm³/mol. The zero-order valence-corrected chi connectivity index (χ0v) is 12.4. The van der Waals surface area contributed by atoms with Gasteiger partial charge in [0, 0.05) is 31.9 Å². The van der Waals surface area contributed by atoms with Crippen molar-refractivity contribution in [1.29, 1.82) is 0 Å². The van der Waals surface area contributed by atoms with Gasteiger partial charge in [-0.15, -0.1) is 0 Å². The van der Waals surface area contributed by atoms with E-state index in [0.717, 1.165) is 26.3 Å². The fraction of sp³-hybridized carbons (Fsp3) is 0.400. The first-order valence-electron chi connectivity index (χ1n) is 6.88. The standard InChI is InChI=1S/C15H19ClN4/c1-18-7-8-19(12-20-10-14(16)9-17-20)15(11-18)13-5-3-2-4-6-13/h2-6,9-10,15H,7-8,11-12H2,1H3. The van der Waals surface area contributed by atoms with Crippen LogP contribution in [0, 0.1) is 0 Å². The summed E-state index contributed by atoms with van der Waals surface area (Å²) in [6.07, 6.45) is 3.57. The summed E-state index contributed by atoms with van der Waals surface area (Å²) in [5, 5.41) is 4.98. The van der Waals surface area contributed by atoms with Crippen molar-refractivity contribution < 1.29 is 0 Å². The minimum Gasteiger partial charge on any atom is -0.303 e. The van der Waals surface area contributed by atoms with E-state index in [1.54, 1.807) is 6.20 Å². The molecular weight excluding hydrogens is 272 g/mol. The van der Waals surface area contributed by atoms with Gasteiger partial charge in [0.1, 0.15) is 0 Å². The molecule has 0 aliphatic carbocycles. The average molecular weight is 291 g/mol. The van der Waals surface area contributed by atoms with Gasteiger partial charge in [-0.3, -0.25) is 9.58 Å². The van der Waals surface area contributed by atoms with Gasteiger partial charge in [-0.2, -0.15) is 5.10 Å². The molecule has 1 aliphatic heterocycles. The molecule has 4 nitrogen and oxygen atoms in total. The summed E-state index contributed by atoms with van der Waals surface area (Å²) in [6.45, 7) is 3.94. The highest BCUT2D eigenvalue weighted by atomic mass is 35.5. The van der Waals surface area contributed by atoms with E-state index in [4.69, 9.17) is 11.6 Å². The van der Waals surface area contributed by atoms with Crippen LogP contribution < -0.4 is 0 Å². The van der Waals surface area contributed by atoms with Crippen molar-refractivity contribution in [2.75, 3.05) is 26.7 Å². The third kappa shape index (κ3) is 3.03. The Hall–Kier alpha value is -1.36. The fourth-order valence-electron chi connectivity index (χ4n) is 2.72. The molecule has 2 heterocycles. The van der Waals surface area contributed by atoms with Gasteiger partial charge in [0.2, 0.25) is 0 Å². The maximum atomic E-state index is 5.94. The Kier molecular flexibility index (Phi) is 4.05. The van der Waals surface area contributed by atoms with Crippen molar-refractivity contribution in [3.05, 3.63) is 53.3 Å². The summed E-state index contributed by atoms with van der Waals surface area (Å²) < 4.78 is 1.91. The number of benzene rings is 1. The average Bonchev–Trinajstić information content (AvgIpc) is 2.87. The Balaban J connectivity index is 1.80. The van der Waals surface area contributed by atoms with Gasteiger partial charge in [-0.1, -0.05) is 41.9 Å². The van der Waals surface area contributed by atoms with Crippen molar-refractivity contribution in [2.45, 2.75) is 12.7 Å². The van der Waals surface area contributed by atoms with Crippen LogP contribution in [0.5, 0.6) is 0 Å². The molecule has 0 amide bonds. The first-order valence-corrected chi connectivity index (χ1v) is 7.25. The van der Waals surface area contributed by atoms with Crippen LogP contribution in [0.3, 0.4) is 0 Å². The summed E-state index contributed by atoms with van der Waals surface area (Å²) in [5.74, 6) is 0. The second kappa shape index (κ2) is 5.95. The molecule has 0 N–H and O–H groups in total. The highest BCUT2D eigenvalue weighted by molar-refractivity contribution is 6.30. The van der Waals surface area contributed by atoms with Crippen molar-refractivity contribution >= 4 is 11.6 Å². The molecule has 1 unspecified atom stereocenters. The molecule has 1 saturated heterocycles. The number of nitrogens with zero attached hydrogens (tertiary/aromatic N) is 4. The van der Waals surface area contributed by atoms with Gasteiger partial charge < -0.3 is 4.90 Å². The number of likely N-dealkylation sites (N-methyl/N-ethyl adjacent to an activating group) is 1. The van der Waals surface area contributed by atoms with Gasteiger partial charge >= 0.3 is 0 Å². The third-order valence-corrected chi connectivity index (χ3v) is 4.00. The Bertz CT molecular complexity index is 554. The maximum Gasteiger partial charge on any atom is 0.0935 e. The van der Waals surface area contributed by atoms with Crippen LogP contribution >= 0.6 is 11.6 Å². The van der Waals surface area contributed by atoms with E-state index in [1.165, 1.54) is 5.56 Å². The molecule has 1 aromatic heterocycles. The second-order valence-electron chi connectivity index (χ2n) is 5.34. The maximum absolute atomic E-state index is 5.94. The van der Waals surface area contributed by atoms with E-state index in [-0.39, 0.29) is 0 Å². The number of piperazine rings is 1. The van der Waals surface area contributed by atoms with Crippen molar-refractivity contribution in [3.8, 4) is 0 Å². The van der Waals surface area contributed by atoms with Crippen LogP contribution in [-0.4, -0.2) is 46.3 Å². The molecule has 0 bridgehead atoms. The van der Waals surface area contributed by atoms with Crippen molar-refractivity contribution in [2.24, 2.45) is 0 Å². The lowest BCUT2D eigenvalue weighted by Crippen LogP contribution is -2.47. The van der Waals surface area contributed by atoms with Gasteiger partial charge in [0.15, 0.2) is 0 Å². The van der Waals surface area contributed by atoms with Crippen LogP contribution in [-0.2, 0) is 6.67 Å². The Morgan fingerprint density at radius 1 is 1.25 bits per heavy atom. The monoisotopic (exact) mass is 290 g/mol. The van der Waals surface area contributed by atoms with Gasteiger partial charge in [0.25, 0.3) is 0 Å². The summed E-state index contributed by atoms with van der Waals surface area (Å²) in [7, 11) is 2.18. The van der Waals surface area contributed by atoms with E-state index in [1.807, 2.05) is 10.9 Å². The Morgan fingerprint density at radius 2 is 2.05 bits per heavy atom. The number of halogens is 1. The summed E-state index contributed by atoms with van der Waals surface area (Å²) >= 11 is 5.94. The lowest BCUT2D eigenvalue weighted by atomic mass is 10.0. The van der Waals surface area contributed by atoms with E-state index in [0.29, 0.717) is 11.1 Å². The first kappa shape index (κ1) is 13.6. The molecule has 0 radical (unpaired) electrons. The minimum absolute atomic E-state index is 0.401. The minimum atomic E-state index is 0.401. The Morgan fingerprint density at radius 3 is 2.75 bits per heavy atom. The fourth-order valence-corrected chi connectivity index (χ4v) is 2.88. The third-order valence-electron chi connectivity index (χ3n) is 3.81. The van der Waals surface area contributed by atoms with E-state index < -0.39 is 0 Å². The molecule has 0 spiro atoms. The van der Waals surface area contributed by atoms with Gasteiger partial charge in [-0.25, -0.2) is 0 Å². The number of aromatic nitrogens is 2. The predicted octanol–water partition coefficient (Wildman–Crippen LogP) is 2.48. The van der Waals surface area contributed by atoms with Crippen LogP contribution in [0.15, 0.2) is 42.7 Å². The highest BCUT2D eigenvalue weighted by Crippen LogP contribution is 2.25. The first-order chi connectivity index (χ1) is 9.72. The molecule has 1 aliphatic rings. The SMILES string of the molecule is CN1CCN(Cn2cc(Cl)cn2)C(c2ccccc2)C1. The quantitative estimate of drug-likeness (QED) is 0.868. The molecule has 5 heteroatoms. The van der Waals surface area contributed by atoms with Crippen molar-refractivity contribution in [1.82, 2.24) is 19.6 Å². The van der Waals surface area contributed by atoms with Crippen LogP contribution in [0.2, 0.25) is 5.02 Å². The van der Waals surface area contributed by atoms with Crippen molar-refractivity contribution in [3.63, 3.8) is 0 Å². The van der Waals surface area contributed by atoms with Crippen LogP contribution in [0.25, 0.3) is 0 Å². The summed E-state index contributed by atoms with van der Waals surface area (Å²) in [4.78, 5) is 4.84. The topological polar surface area (TPSA) is 24.3 Å². The van der Waals surface area contributed by atoms with Crippen LogP contribution in [0.4, 0.5) is 0 Å². The zero-order chi connectivity index (χ0) is 13.9. The van der Waals surface area contributed by atoms with E-state index >= 15 is 0 Å². The largest absolute Gasteiger partial charge is 0.303 e. The van der Waals surface area contributed by atoms with E-state index in [9.17, 15) is 0 Å². The number of rotatable bonds is 3. The van der Waals surface area contributed by atoms with E-state index in [2.05, 4.69) is 52.3 Å². The summed E-state index contributed by atoms with van der Waals surface area (Å²) in [5.41, 5.74) is 1.36. The normalized spacial score (nSPS) is 21.2. The zero-order valence-electron chi connectivity index (χ0n) is 11.6. The molecule has 2 aromatic rings. The smallest absolute Gasteiger partial charge is 0.0935 e. The highest BCUT2D eigenvalue weighted by Gasteiger charge is 2.26.